The number of halogens is 4. The first kappa shape index (κ1) is 27.1. The highest BCUT2D eigenvalue weighted by molar-refractivity contribution is 14.0. The third-order valence-electron chi connectivity index (χ3n) is 4.82. The van der Waals surface area contributed by atoms with E-state index in [0.29, 0.717) is 32.7 Å². The number of guanidine groups is 1. The number of likely N-dealkylation sites (tertiary alicyclic amines) is 2. The number of alkyl carbamates (subject to hydrolysis) is 1. The van der Waals surface area contributed by atoms with Gasteiger partial charge in [-0.2, -0.15) is 13.2 Å². The zero-order chi connectivity index (χ0) is 21.7. The summed E-state index contributed by atoms with van der Waals surface area (Å²) in [6, 6.07) is -0.0255. The maximum Gasteiger partial charge on any atom is 0.407 e. The fourth-order valence-electron chi connectivity index (χ4n) is 3.65. The number of amides is 1. The highest BCUT2D eigenvalue weighted by Gasteiger charge is 2.34. The first-order chi connectivity index (χ1) is 13.4. The molecule has 0 aliphatic carbocycles. The van der Waals surface area contributed by atoms with Crippen LogP contribution in [0.1, 0.15) is 40.5 Å². The zero-order valence-electron chi connectivity index (χ0n) is 18.2. The predicted octanol–water partition coefficient (Wildman–Crippen LogP) is 3.05. The number of nitrogens with one attached hydrogen (secondary N) is 2. The molecule has 7 nitrogen and oxygen atoms in total. The van der Waals surface area contributed by atoms with E-state index < -0.39 is 24.4 Å². The lowest BCUT2D eigenvalue weighted by Crippen LogP contribution is -2.44. The minimum absolute atomic E-state index is 0. The summed E-state index contributed by atoms with van der Waals surface area (Å²) in [6.45, 7) is 10.0. The number of ether oxygens (including phenoxy) is 1. The van der Waals surface area contributed by atoms with Crippen molar-refractivity contribution < 1.29 is 22.7 Å². The maximum atomic E-state index is 12.5. The van der Waals surface area contributed by atoms with Crippen LogP contribution in [0.4, 0.5) is 18.0 Å². The zero-order valence-corrected chi connectivity index (χ0v) is 20.5. The van der Waals surface area contributed by atoms with Crippen molar-refractivity contribution in [2.45, 2.75) is 58.4 Å². The average molecular weight is 549 g/mol. The van der Waals surface area contributed by atoms with Gasteiger partial charge in [-0.1, -0.05) is 0 Å². The van der Waals surface area contributed by atoms with E-state index in [4.69, 9.17) is 4.74 Å². The van der Waals surface area contributed by atoms with Crippen LogP contribution in [-0.2, 0) is 4.74 Å². The first-order valence-electron chi connectivity index (χ1n) is 10.3. The Balaban J connectivity index is 0.00000450. The van der Waals surface area contributed by atoms with Gasteiger partial charge < -0.3 is 20.3 Å². The van der Waals surface area contributed by atoms with Crippen molar-refractivity contribution in [3.63, 3.8) is 0 Å². The smallest absolute Gasteiger partial charge is 0.407 e. The average Bonchev–Trinajstić information content (AvgIpc) is 3.17. The molecule has 11 heteroatoms. The van der Waals surface area contributed by atoms with Gasteiger partial charge in [0.05, 0.1) is 12.6 Å². The van der Waals surface area contributed by atoms with Crippen molar-refractivity contribution in [3.8, 4) is 0 Å². The van der Waals surface area contributed by atoms with E-state index in [1.54, 1.807) is 0 Å². The number of hydrogen-bond acceptors (Lipinski definition) is 4. The fourth-order valence-corrected chi connectivity index (χ4v) is 3.65. The molecule has 2 atom stereocenters. The van der Waals surface area contributed by atoms with E-state index in [9.17, 15) is 18.0 Å². The summed E-state index contributed by atoms with van der Waals surface area (Å²) in [5.41, 5.74) is -0.542. The normalized spacial score (nSPS) is 23.3. The van der Waals surface area contributed by atoms with Crippen molar-refractivity contribution in [2.75, 3.05) is 45.8 Å². The molecule has 176 valence electrons. The van der Waals surface area contributed by atoms with Crippen LogP contribution in [0.2, 0.25) is 0 Å². The Morgan fingerprint density at radius 1 is 1.17 bits per heavy atom. The largest absolute Gasteiger partial charge is 0.444 e. The third-order valence-corrected chi connectivity index (χ3v) is 4.82. The molecule has 0 radical (unpaired) electrons. The quantitative estimate of drug-likeness (QED) is 0.314. The number of nitrogens with zero attached hydrogens (tertiary/aromatic N) is 3. The summed E-state index contributed by atoms with van der Waals surface area (Å²) < 4.78 is 42.9. The number of alkyl halides is 3. The van der Waals surface area contributed by atoms with Crippen LogP contribution in [0.15, 0.2) is 4.99 Å². The number of carbonyl (C=O) groups excluding carboxylic acids is 1. The minimum atomic E-state index is -4.15. The Kier molecular flexibility index (Phi) is 10.4. The monoisotopic (exact) mass is 549 g/mol. The molecule has 0 bridgehead atoms. The number of hydrogen-bond donors (Lipinski definition) is 2. The van der Waals surface area contributed by atoms with Crippen molar-refractivity contribution in [3.05, 3.63) is 0 Å². The van der Waals surface area contributed by atoms with Gasteiger partial charge in [0.25, 0.3) is 0 Å². The molecule has 2 N–H and O–H groups in total. The van der Waals surface area contributed by atoms with Crippen LogP contribution in [0.25, 0.3) is 0 Å². The van der Waals surface area contributed by atoms with E-state index >= 15 is 0 Å². The first-order valence-corrected chi connectivity index (χ1v) is 10.3. The molecule has 2 unspecified atom stereocenters. The summed E-state index contributed by atoms with van der Waals surface area (Å²) in [5.74, 6) is 0.875. The molecule has 2 fully saturated rings. The van der Waals surface area contributed by atoms with Gasteiger partial charge >= 0.3 is 12.3 Å². The molecule has 0 spiro atoms. The van der Waals surface area contributed by atoms with E-state index in [0.717, 1.165) is 25.3 Å². The van der Waals surface area contributed by atoms with Gasteiger partial charge in [0, 0.05) is 32.7 Å². The van der Waals surface area contributed by atoms with Crippen LogP contribution in [0.5, 0.6) is 0 Å². The van der Waals surface area contributed by atoms with Crippen molar-refractivity contribution >= 4 is 36.0 Å². The second-order valence-electron chi connectivity index (χ2n) is 8.78. The van der Waals surface area contributed by atoms with Crippen LogP contribution < -0.4 is 10.6 Å². The van der Waals surface area contributed by atoms with Crippen LogP contribution >= 0.6 is 24.0 Å². The van der Waals surface area contributed by atoms with Crippen LogP contribution in [0.3, 0.4) is 0 Å². The highest BCUT2D eigenvalue weighted by atomic mass is 127. The summed E-state index contributed by atoms with van der Waals surface area (Å²) in [4.78, 5) is 20.2. The number of aliphatic imine (C=N–C) groups is 1. The molecule has 1 amide bonds. The molecule has 2 heterocycles. The highest BCUT2D eigenvalue weighted by Crippen LogP contribution is 2.23. The van der Waals surface area contributed by atoms with Gasteiger partial charge in [0.1, 0.15) is 5.60 Å². The summed E-state index contributed by atoms with van der Waals surface area (Å²) >= 11 is 0. The molecule has 2 saturated heterocycles. The molecule has 2 aliphatic heterocycles. The van der Waals surface area contributed by atoms with E-state index in [1.807, 2.05) is 27.7 Å². The molecule has 30 heavy (non-hydrogen) atoms. The molecule has 0 aromatic carbocycles. The van der Waals surface area contributed by atoms with Gasteiger partial charge in [-0.25, -0.2) is 4.79 Å². The molecule has 2 rings (SSSR count). The van der Waals surface area contributed by atoms with Gasteiger partial charge in [-0.3, -0.25) is 9.89 Å². The fraction of sp³-hybridized carbons (Fsp3) is 0.895. The SMILES string of the molecule is CCNC(=NCC1CCN(CC(F)(F)F)C1)N1CCC(NC(=O)OC(C)(C)C)C1.I. The second-order valence-corrected chi connectivity index (χ2v) is 8.78. The molecule has 0 aromatic heterocycles. The Morgan fingerprint density at radius 2 is 1.87 bits per heavy atom. The van der Waals surface area contributed by atoms with E-state index in [-0.39, 0.29) is 35.9 Å². The Hall–Kier alpha value is -0.980. The maximum absolute atomic E-state index is 12.5. The van der Waals surface area contributed by atoms with E-state index in [1.165, 1.54) is 4.90 Å². The molecular weight excluding hydrogens is 514 g/mol. The van der Waals surface area contributed by atoms with Gasteiger partial charge in [-0.15, -0.1) is 24.0 Å². The van der Waals surface area contributed by atoms with Crippen molar-refractivity contribution in [1.82, 2.24) is 20.4 Å². The molecule has 2 aliphatic rings. The molecule has 0 aromatic rings. The van der Waals surface area contributed by atoms with Crippen LogP contribution in [0, 0.1) is 5.92 Å². The lowest BCUT2D eigenvalue weighted by Gasteiger charge is -2.24. The summed E-state index contributed by atoms with van der Waals surface area (Å²) in [6.07, 6.45) is -3.07. The lowest BCUT2D eigenvalue weighted by molar-refractivity contribution is -0.143. The van der Waals surface area contributed by atoms with Gasteiger partial charge in [-0.05, 0) is 53.0 Å². The standard InChI is InChI=1S/C19H34F3N5O2.HI/c1-5-23-16(24-10-14-6-8-26(11-14)13-19(20,21)22)27-9-7-15(12-27)25-17(28)29-18(2,3)4;/h14-15H,5-13H2,1-4H3,(H,23,24)(H,25,28);1H. The predicted molar refractivity (Wildman–Crippen MR) is 121 cm³/mol. The topological polar surface area (TPSA) is 69.2 Å². The van der Waals surface area contributed by atoms with E-state index in [2.05, 4.69) is 20.5 Å². The molecule has 0 saturated carbocycles. The third kappa shape index (κ3) is 9.88. The Morgan fingerprint density at radius 3 is 2.47 bits per heavy atom. The minimum Gasteiger partial charge on any atom is -0.444 e. The Labute approximate surface area is 194 Å². The summed E-state index contributed by atoms with van der Waals surface area (Å²) in [7, 11) is 0. The van der Waals surface area contributed by atoms with Crippen LogP contribution in [-0.4, -0.2) is 85.5 Å². The second kappa shape index (κ2) is 11.6. The number of carbonyl (C=O) groups is 1. The lowest BCUT2D eigenvalue weighted by atomic mass is 10.1. The number of rotatable bonds is 5. The van der Waals surface area contributed by atoms with Crippen molar-refractivity contribution in [2.24, 2.45) is 10.9 Å². The Bertz CT molecular complexity index is 583. The van der Waals surface area contributed by atoms with Crippen molar-refractivity contribution in [1.29, 1.82) is 0 Å². The van der Waals surface area contributed by atoms with Gasteiger partial charge in [0.15, 0.2) is 5.96 Å². The molecular formula is C19H35F3IN5O2. The van der Waals surface area contributed by atoms with Gasteiger partial charge in [0.2, 0.25) is 0 Å². The summed E-state index contributed by atoms with van der Waals surface area (Å²) in [5, 5.41) is 6.14.